The number of nitrogens with zero attached hydrogens (tertiary/aromatic N) is 1. The Bertz CT molecular complexity index is 1420. The number of anilines is 1. The van der Waals surface area contributed by atoms with E-state index in [0.717, 1.165) is 12.1 Å². The average Bonchev–Trinajstić information content (AvgIpc) is 2.87. The van der Waals surface area contributed by atoms with Gasteiger partial charge in [0.2, 0.25) is 0 Å². The fourth-order valence-corrected chi connectivity index (χ4v) is 3.47. The molecule has 0 unspecified atom stereocenters. The van der Waals surface area contributed by atoms with E-state index in [9.17, 15) is 18.4 Å². The van der Waals surface area contributed by atoms with Crippen LogP contribution in [0, 0.1) is 11.6 Å². The molecule has 1 heterocycles. The second kappa shape index (κ2) is 10.2. The lowest BCUT2D eigenvalue weighted by Crippen LogP contribution is -2.21. The number of halogens is 2. The van der Waals surface area contributed by atoms with Crippen molar-refractivity contribution in [3.05, 3.63) is 83.9 Å². The first-order valence-electron chi connectivity index (χ1n) is 10.4. The minimum absolute atomic E-state index is 0.196. The fourth-order valence-electron chi connectivity index (χ4n) is 3.47. The standard InChI is InChI=1S/C26H20F2N2O5/c1-33-23-10-7-15(11-24(23)34-2)22-13-18(17-5-3-4-6-20(17)29-22)26(32)35-14-25(31)30-21-9-8-16(27)12-19(21)28/h3-13H,14H2,1-2H3,(H,30,31). The van der Waals surface area contributed by atoms with E-state index in [1.165, 1.54) is 14.2 Å². The monoisotopic (exact) mass is 478 g/mol. The van der Waals surface area contributed by atoms with Crippen molar-refractivity contribution >= 4 is 28.5 Å². The molecule has 0 saturated carbocycles. The predicted octanol–water partition coefficient (Wildman–Crippen LogP) is 4.99. The Morgan fingerprint density at radius 2 is 1.69 bits per heavy atom. The third-order valence-corrected chi connectivity index (χ3v) is 5.15. The Morgan fingerprint density at radius 1 is 0.914 bits per heavy atom. The van der Waals surface area contributed by atoms with E-state index in [2.05, 4.69) is 10.3 Å². The van der Waals surface area contributed by atoms with E-state index in [-0.39, 0.29) is 11.3 Å². The van der Waals surface area contributed by atoms with Crippen LogP contribution in [-0.4, -0.2) is 37.7 Å². The first-order valence-corrected chi connectivity index (χ1v) is 10.4. The van der Waals surface area contributed by atoms with Crippen molar-refractivity contribution in [2.45, 2.75) is 0 Å². The molecule has 0 aliphatic heterocycles. The Kier molecular flexibility index (Phi) is 6.86. The zero-order valence-electron chi connectivity index (χ0n) is 18.8. The molecule has 0 atom stereocenters. The maximum Gasteiger partial charge on any atom is 0.339 e. The van der Waals surface area contributed by atoms with E-state index in [1.54, 1.807) is 48.5 Å². The molecule has 0 saturated heterocycles. The summed E-state index contributed by atoms with van der Waals surface area (Å²) in [7, 11) is 3.04. The number of fused-ring (bicyclic) bond motifs is 1. The summed E-state index contributed by atoms with van der Waals surface area (Å²) < 4.78 is 42.6. The van der Waals surface area contributed by atoms with Crippen LogP contribution in [0.3, 0.4) is 0 Å². The lowest BCUT2D eigenvalue weighted by Gasteiger charge is -2.12. The van der Waals surface area contributed by atoms with E-state index < -0.39 is 30.1 Å². The summed E-state index contributed by atoms with van der Waals surface area (Å²) in [5.74, 6) is -2.22. The Balaban J connectivity index is 1.59. The molecule has 0 fully saturated rings. The number of amides is 1. The van der Waals surface area contributed by atoms with Crippen LogP contribution in [-0.2, 0) is 9.53 Å². The Morgan fingerprint density at radius 3 is 2.43 bits per heavy atom. The van der Waals surface area contributed by atoms with Crippen LogP contribution in [0.4, 0.5) is 14.5 Å². The highest BCUT2D eigenvalue weighted by molar-refractivity contribution is 6.05. The van der Waals surface area contributed by atoms with Gasteiger partial charge in [0.05, 0.1) is 36.7 Å². The van der Waals surface area contributed by atoms with Crippen LogP contribution < -0.4 is 14.8 Å². The Labute approximate surface area is 199 Å². The number of methoxy groups -OCH3 is 2. The van der Waals surface area contributed by atoms with Gasteiger partial charge in [-0.25, -0.2) is 18.6 Å². The van der Waals surface area contributed by atoms with Gasteiger partial charge in [-0.1, -0.05) is 18.2 Å². The van der Waals surface area contributed by atoms with Gasteiger partial charge in [-0.2, -0.15) is 0 Å². The topological polar surface area (TPSA) is 86.8 Å². The summed E-state index contributed by atoms with van der Waals surface area (Å²) in [5, 5.41) is 2.78. The number of hydrogen-bond donors (Lipinski definition) is 1. The number of ether oxygens (including phenoxy) is 3. The van der Waals surface area contributed by atoms with Crippen molar-refractivity contribution in [3.63, 3.8) is 0 Å². The normalized spacial score (nSPS) is 10.6. The molecule has 9 heteroatoms. The van der Waals surface area contributed by atoms with Crippen LogP contribution in [0.15, 0.2) is 66.7 Å². The first kappa shape index (κ1) is 23.6. The smallest absolute Gasteiger partial charge is 0.339 e. The quantitative estimate of drug-likeness (QED) is 0.377. The Hall–Kier alpha value is -4.53. The number of esters is 1. The number of carbonyl (C=O) groups is 2. The van der Waals surface area contributed by atoms with Gasteiger partial charge in [0.25, 0.3) is 5.91 Å². The number of nitrogens with one attached hydrogen (secondary N) is 1. The number of para-hydroxylation sites is 1. The molecule has 3 aromatic carbocycles. The highest BCUT2D eigenvalue weighted by Crippen LogP contribution is 2.33. The third-order valence-electron chi connectivity index (χ3n) is 5.15. The third kappa shape index (κ3) is 5.19. The van der Waals surface area contributed by atoms with Crippen molar-refractivity contribution in [1.82, 2.24) is 4.98 Å². The zero-order valence-corrected chi connectivity index (χ0v) is 18.8. The number of pyridine rings is 1. The molecular formula is C26H20F2N2O5. The zero-order chi connectivity index (χ0) is 24.9. The average molecular weight is 478 g/mol. The molecular weight excluding hydrogens is 458 g/mol. The molecule has 4 aromatic rings. The molecule has 35 heavy (non-hydrogen) atoms. The minimum atomic E-state index is -0.940. The van der Waals surface area contributed by atoms with E-state index in [4.69, 9.17) is 14.2 Å². The summed E-state index contributed by atoms with van der Waals surface area (Å²) >= 11 is 0. The lowest BCUT2D eigenvalue weighted by atomic mass is 10.0. The molecule has 0 radical (unpaired) electrons. The minimum Gasteiger partial charge on any atom is -0.493 e. The van der Waals surface area contributed by atoms with Gasteiger partial charge in [-0.05, 0) is 42.5 Å². The number of aromatic nitrogens is 1. The number of hydrogen-bond acceptors (Lipinski definition) is 6. The lowest BCUT2D eigenvalue weighted by molar-refractivity contribution is -0.119. The molecule has 0 spiro atoms. The number of rotatable bonds is 7. The van der Waals surface area contributed by atoms with Gasteiger partial charge < -0.3 is 19.5 Å². The maximum absolute atomic E-state index is 13.8. The van der Waals surface area contributed by atoms with Crippen molar-refractivity contribution in [3.8, 4) is 22.8 Å². The van der Waals surface area contributed by atoms with Crippen LogP contribution >= 0.6 is 0 Å². The van der Waals surface area contributed by atoms with E-state index in [0.29, 0.717) is 39.7 Å². The summed E-state index contributed by atoms with van der Waals surface area (Å²) in [5.41, 5.74) is 1.67. The summed E-state index contributed by atoms with van der Waals surface area (Å²) in [6.07, 6.45) is 0. The maximum atomic E-state index is 13.8. The van der Waals surface area contributed by atoms with Crippen molar-refractivity contribution in [1.29, 1.82) is 0 Å². The molecule has 7 nitrogen and oxygen atoms in total. The molecule has 1 amide bonds. The van der Waals surface area contributed by atoms with Crippen molar-refractivity contribution in [2.24, 2.45) is 0 Å². The number of benzene rings is 3. The summed E-state index contributed by atoms with van der Waals surface area (Å²) in [6.45, 7) is -0.669. The second-order valence-corrected chi connectivity index (χ2v) is 7.39. The number of carbonyl (C=O) groups excluding carboxylic acids is 2. The summed E-state index contributed by atoms with van der Waals surface area (Å²) in [6, 6.07) is 16.5. The van der Waals surface area contributed by atoms with Gasteiger partial charge in [-0.3, -0.25) is 4.79 Å². The first-order chi connectivity index (χ1) is 16.9. The molecule has 178 valence electrons. The van der Waals surface area contributed by atoms with Gasteiger partial charge in [0.15, 0.2) is 18.1 Å². The van der Waals surface area contributed by atoms with Gasteiger partial charge in [0, 0.05) is 17.0 Å². The highest BCUT2D eigenvalue weighted by Gasteiger charge is 2.18. The van der Waals surface area contributed by atoms with Gasteiger partial charge in [-0.15, -0.1) is 0 Å². The molecule has 1 aromatic heterocycles. The van der Waals surface area contributed by atoms with Crippen LogP contribution in [0.5, 0.6) is 11.5 Å². The highest BCUT2D eigenvalue weighted by atomic mass is 19.1. The van der Waals surface area contributed by atoms with Crippen LogP contribution in [0.2, 0.25) is 0 Å². The molecule has 4 rings (SSSR count). The second-order valence-electron chi connectivity index (χ2n) is 7.39. The SMILES string of the molecule is COc1ccc(-c2cc(C(=O)OCC(=O)Nc3ccc(F)cc3F)c3ccccc3n2)cc1OC. The van der Waals surface area contributed by atoms with Crippen LogP contribution in [0.25, 0.3) is 22.2 Å². The fraction of sp³-hybridized carbons (Fsp3) is 0.115. The molecule has 0 aliphatic rings. The predicted molar refractivity (Wildman–Crippen MR) is 126 cm³/mol. The van der Waals surface area contributed by atoms with E-state index in [1.807, 2.05) is 0 Å². The van der Waals surface area contributed by atoms with Crippen LogP contribution in [0.1, 0.15) is 10.4 Å². The molecule has 1 N–H and O–H groups in total. The molecule has 0 aliphatic carbocycles. The van der Waals surface area contributed by atoms with Crippen molar-refractivity contribution < 1.29 is 32.6 Å². The molecule has 0 bridgehead atoms. The van der Waals surface area contributed by atoms with Crippen molar-refractivity contribution in [2.75, 3.05) is 26.1 Å². The largest absolute Gasteiger partial charge is 0.493 e. The van der Waals surface area contributed by atoms with Gasteiger partial charge in [0.1, 0.15) is 11.6 Å². The summed E-state index contributed by atoms with van der Waals surface area (Å²) in [4.78, 5) is 29.7. The van der Waals surface area contributed by atoms with Gasteiger partial charge >= 0.3 is 5.97 Å². The van der Waals surface area contributed by atoms with E-state index >= 15 is 0 Å².